The standard InChI is InChI=1S/C35H38N4O5/c1-38-30(14-8-11-24-9-5-4-6-10-24)34(41)37-29(35(38)42)20-25-12-7-13-27(19-25)33(40)36-16-18-39-17-15-26-21-31(43-2)32(44-3)22-28(26)23-39/h4-7,9-10,12-14,19-22H,8,11,15-18,23H2,1-3H3,(H,36,40)(H,37,41)/b29-20-,30-14-. The van der Waals surface area contributed by atoms with Crippen molar-refractivity contribution in [3.05, 3.63) is 126 Å². The van der Waals surface area contributed by atoms with Gasteiger partial charge in [0.15, 0.2) is 11.5 Å². The molecule has 0 fully saturated rings. The average molecular weight is 595 g/mol. The van der Waals surface area contributed by atoms with E-state index in [4.69, 9.17) is 9.47 Å². The van der Waals surface area contributed by atoms with Crippen LogP contribution in [0.5, 0.6) is 11.5 Å². The molecule has 228 valence electrons. The smallest absolute Gasteiger partial charge is 0.274 e. The number of rotatable bonds is 10. The zero-order valence-corrected chi connectivity index (χ0v) is 25.4. The van der Waals surface area contributed by atoms with Crippen LogP contribution in [0.1, 0.15) is 39.0 Å². The highest BCUT2D eigenvalue weighted by Crippen LogP contribution is 2.33. The van der Waals surface area contributed by atoms with Gasteiger partial charge in [0.2, 0.25) is 0 Å². The summed E-state index contributed by atoms with van der Waals surface area (Å²) in [4.78, 5) is 43.9. The van der Waals surface area contributed by atoms with Gasteiger partial charge in [0.1, 0.15) is 10.7 Å². The topological polar surface area (TPSA) is 106 Å². The van der Waals surface area contributed by atoms with Crippen molar-refractivity contribution in [1.82, 2.24) is 19.8 Å². The Kier molecular flexibility index (Phi) is 9.76. The summed E-state index contributed by atoms with van der Waals surface area (Å²) in [6, 6.07) is 21.1. The van der Waals surface area contributed by atoms with E-state index in [0.29, 0.717) is 41.7 Å². The molecule has 5 rings (SSSR count). The molecule has 2 heterocycles. The summed E-state index contributed by atoms with van der Waals surface area (Å²) in [5.74, 6) is 1.25. The number of nitrogens with one attached hydrogen (secondary N) is 2. The minimum atomic E-state index is -0.335. The first-order chi connectivity index (χ1) is 21.4. The number of carbonyl (C=O) groups excluding carboxylic acids is 1. The number of carbonyl (C=O) groups is 1. The summed E-state index contributed by atoms with van der Waals surface area (Å²) in [6.45, 7) is 2.86. The van der Waals surface area contributed by atoms with Crippen LogP contribution in [-0.2, 0) is 26.4 Å². The van der Waals surface area contributed by atoms with Gasteiger partial charge in [-0.1, -0.05) is 48.5 Å². The van der Waals surface area contributed by atoms with Crippen LogP contribution in [0.4, 0.5) is 0 Å². The number of aromatic nitrogens is 2. The summed E-state index contributed by atoms with van der Waals surface area (Å²) >= 11 is 0. The first-order valence-corrected chi connectivity index (χ1v) is 14.8. The predicted molar refractivity (Wildman–Crippen MR) is 172 cm³/mol. The van der Waals surface area contributed by atoms with Crippen molar-refractivity contribution in [2.75, 3.05) is 33.9 Å². The normalized spacial score (nSPS) is 13.9. The van der Waals surface area contributed by atoms with Gasteiger partial charge in [-0.3, -0.25) is 19.3 Å². The van der Waals surface area contributed by atoms with E-state index in [9.17, 15) is 14.4 Å². The Bertz CT molecular complexity index is 1880. The van der Waals surface area contributed by atoms with Gasteiger partial charge in [-0.2, -0.15) is 0 Å². The number of aryl methyl sites for hydroxylation is 1. The van der Waals surface area contributed by atoms with Crippen LogP contribution < -0.4 is 36.6 Å². The molecule has 9 heteroatoms. The largest absolute Gasteiger partial charge is 0.493 e. The van der Waals surface area contributed by atoms with E-state index in [-0.39, 0.29) is 22.4 Å². The number of amides is 1. The Morgan fingerprint density at radius 3 is 2.48 bits per heavy atom. The van der Waals surface area contributed by atoms with Gasteiger partial charge < -0.3 is 24.3 Å². The molecule has 1 aliphatic rings. The number of H-pyrrole nitrogens is 1. The lowest BCUT2D eigenvalue weighted by Crippen LogP contribution is -2.52. The third kappa shape index (κ3) is 7.18. The summed E-state index contributed by atoms with van der Waals surface area (Å²) in [5, 5.41) is 3.49. The number of nitrogens with zero attached hydrogens (tertiary/aromatic N) is 2. The number of hydrogen-bond acceptors (Lipinski definition) is 6. The summed E-state index contributed by atoms with van der Waals surface area (Å²) < 4.78 is 12.3. The Morgan fingerprint density at radius 1 is 0.977 bits per heavy atom. The van der Waals surface area contributed by atoms with Crippen LogP contribution in [0.2, 0.25) is 0 Å². The molecule has 0 radical (unpaired) electrons. The molecular formula is C35H38N4O5. The van der Waals surface area contributed by atoms with Crippen molar-refractivity contribution in [1.29, 1.82) is 0 Å². The van der Waals surface area contributed by atoms with Gasteiger partial charge in [0, 0.05) is 38.8 Å². The lowest BCUT2D eigenvalue weighted by atomic mass is 9.99. The second-order valence-corrected chi connectivity index (χ2v) is 10.9. The van der Waals surface area contributed by atoms with Crippen LogP contribution in [-0.4, -0.2) is 54.2 Å². The fraction of sp³-hybridized carbons (Fsp3) is 0.286. The molecule has 44 heavy (non-hydrogen) atoms. The summed E-state index contributed by atoms with van der Waals surface area (Å²) in [6.07, 6.45) is 5.70. The highest BCUT2D eigenvalue weighted by Gasteiger charge is 2.19. The van der Waals surface area contributed by atoms with E-state index >= 15 is 0 Å². The van der Waals surface area contributed by atoms with Gasteiger partial charge in [0.25, 0.3) is 17.0 Å². The van der Waals surface area contributed by atoms with Crippen LogP contribution in [0, 0.1) is 0 Å². The van der Waals surface area contributed by atoms with E-state index in [0.717, 1.165) is 31.7 Å². The lowest BCUT2D eigenvalue weighted by Gasteiger charge is -2.29. The number of benzene rings is 3. The molecule has 0 saturated carbocycles. The predicted octanol–water partition coefficient (Wildman–Crippen LogP) is 2.12. The lowest BCUT2D eigenvalue weighted by molar-refractivity contribution is 0.0947. The van der Waals surface area contributed by atoms with E-state index < -0.39 is 0 Å². The molecule has 0 spiro atoms. The first kappa shape index (κ1) is 30.6. The molecule has 0 bridgehead atoms. The summed E-state index contributed by atoms with van der Waals surface area (Å²) in [7, 11) is 4.87. The second-order valence-electron chi connectivity index (χ2n) is 10.9. The van der Waals surface area contributed by atoms with Crippen molar-refractivity contribution in [3.63, 3.8) is 0 Å². The first-order valence-electron chi connectivity index (χ1n) is 14.8. The highest BCUT2D eigenvalue weighted by molar-refractivity contribution is 5.94. The molecular weight excluding hydrogens is 556 g/mol. The third-order valence-electron chi connectivity index (χ3n) is 7.96. The van der Waals surface area contributed by atoms with Gasteiger partial charge in [0.05, 0.1) is 14.2 Å². The molecule has 0 atom stereocenters. The average Bonchev–Trinajstić information content (AvgIpc) is 3.05. The minimum Gasteiger partial charge on any atom is -0.493 e. The van der Waals surface area contributed by atoms with Crippen molar-refractivity contribution < 1.29 is 14.3 Å². The minimum absolute atomic E-state index is 0.162. The van der Waals surface area contributed by atoms with Crippen LogP contribution in [0.25, 0.3) is 12.2 Å². The fourth-order valence-corrected chi connectivity index (χ4v) is 5.53. The van der Waals surface area contributed by atoms with Crippen molar-refractivity contribution in [2.24, 2.45) is 7.05 Å². The molecule has 0 saturated heterocycles. The zero-order chi connectivity index (χ0) is 31.1. The van der Waals surface area contributed by atoms with Gasteiger partial charge >= 0.3 is 0 Å². The number of ether oxygens (including phenoxy) is 2. The quantitative estimate of drug-likeness (QED) is 0.292. The van der Waals surface area contributed by atoms with Crippen molar-refractivity contribution in [3.8, 4) is 11.5 Å². The van der Waals surface area contributed by atoms with E-state index in [1.54, 1.807) is 57.7 Å². The zero-order valence-electron chi connectivity index (χ0n) is 25.4. The number of hydrogen-bond donors (Lipinski definition) is 2. The van der Waals surface area contributed by atoms with E-state index in [1.807, 2.05) is 42.5 Å². The molecule has 1 aromatic heterocycles. The number of fused-ring (bicyclic) bond motifs is 1. The van der Waals surface area contributed by atoms with Crippen molar-refractivity contribution in [2.45, 2.75) is 25.8 Å². The van der Waals surface area contributed by atoms with Gasteiger partial charge in [-0.05, 0) is 71.9 Å². The highest BCUT2D eigenvalue weighted by atomic mass is 16.5. The Morgan fingerprint density at radius 2 is 1.73 bits per heavy atom. The molecule has 0 aliphatic carbocycles. The van der Waals surface area contributed by atoms with Crippen LogP contribution in [0.3, 0.4) is 0 Å². The Balaban J connectivity index is 1.22. The second kappa shape index (κ2) is 14.1. The monoisotopic (exact) mass is 594 g/mol. The summed E-state index contributed by atoms with van der Waals surface area (Å²) in [5.41, 5.74) is 4.09. The maximum Gasteiger partial charge on any atom is 0.274 e. The molecule has 4 aromatic rings. The van der Waals surface area contributed by atoms with Crippen molar-refractivity contribution >= 4 is 18.1 Å². The van der Waals surface area contributed by atoms with Crippen LogP contribution >= 0.6 is 0 Å². The Labute approximate surface area is 256 Å². The molecule has 0 unspecified atom stereocenters. The molecule has 3 aromatic carbocycles. The Hall–Kier alpha value is -4.89. The van der Waals surface area contributed by atoms with E-state index in [1.165, 1.54) is 21.3 Å². The maximum atomic E-state index is 13.1. The van der Waals surface area contributed by atoms with Gasteiger partial charge in [-0.15, -0.1) is 0 Å². The van der Waals surface area contributed by atoms with E-state index in [2.05, 4.69) is 15.2 Å². The molecule has 1 amide bonds. The number of aromatic amines is 1. The van der Waals surface area contributed by atoms with Gasteiger partial charge in [-0.25, -0.2) is 0 Å². The maximum absolute atomic E-state index is 13.1. The number of methoxy groups -OCH3 is 2. The molecule has 9 nitrogen and oxygen atoms in total. The SMILES string of the molecule is COc1cc2c(cc1OC)CN(CCNC(=O)c1cccc(/C=c3\[nH]c(=O)/c(=C/CCc4ccccc4)n(C)c3=O)c1)CC2. The fourth-order valence-electron chi connectivity index (χ4n) is 5.53. The molecule has 2 N–H and O–H groups in total. The third-order valence-corrected chi connectivity index (χ3v) is 7.96. The van der Waals surface area contributed by atoms with Crippen LogP contribution in [0.15, 0.2) is 76.3 Å². The molecule has 1 aliphatic heterocycles.